The van der Waals surface area contributed by atoms with E-state index in [9.17, 15) is 4.79 Å². The van der Waals surface area contributed by atoms with Gasteiger partial charge in [0.2, 0.25) is 5.91 Å². The fraction of sp³-hybridized carbons (Fsp3) is 0.857. The van der Waals surface area contributed by atoms with E-state index in [0.717, 1.165) is 19.4 Å². The first-order valence-electron chi connectivity index (χ1n) is 3.73. The largest absolute Gasteiger partial charge is 0.377 e. The summed E-state index contributed by atoms with van der Waals surface area (Å²) in [5.74, 6) is -0.00287. The maximum absolute atomic E-state index is 11.1. The molecule has 0 aromatic rings. The number of carbonyl (C=O) groups is 1. The minimum atomic E-state index is -0.185. The summed E-state index contributed by atoms with van der Waals surface area (Å²) in [6.45, 7) is 0.782. The van der Waals surface area contributed by atoms with Crippen molar-refractivity contribution in [3.63, 3.8) is 0 Å². The number of amides is 1. The van der Waals surface area contributed by atoms with Crippen molar-refractivity contribution in [3.05, 3.63) is 0 Å². The van der Waals surface area contributed by atoms with Crippen LogP contribution in [0.1, 0.15) is 12.8 Å². The summed E-state index contributed by atoms with van der Waals surface area (Å²) in [5, 5.41) is 2.58. The van der Waals surface area contributed by atoms with Gasteiger partial charge in [-0.1, -0.05) is 15.9 Å². The highest BCUT2D eigenvalue weighted by Gasteiger charge is 2.28. The summed E-state index contributed by atoms with van der Waals surface area (Å²) in [6.07, 6.45) is 2.10. The molecule has 64 valence electrons. The summed E-state index contributed by atoms with van der Waals surface area (Å²) in [4.78, 5) is 10.9. The Balaban J connectivity index is 2.39. The highest BCUT2D eigenvalue weighted by Crippen LogP contribution is 2.20. The molecular weight excluding hydrogens is 210 g/mol. The van der Waals surface area contributed by atoms with Crippen molar-refractivity contribution in [1.29, 1.82) is 0 Å². The molecule has 0 unspecified atom stereocenters. The molecule has 3 nitrogen and oxygen atoms in total. The number of carbonyl (C=O) groups excluding carboxylic acids is 1. The fourth-order valence-corrected chi connectivity index (χ4v) is 1.79. The van der Waals surface area contributed by atoms with Gasteiger partial charge in [0.05, 0.1) is 6.10 Å². The van der Waals surface area contributed by atoms with Crippen LogP contribution in [-0.4, -0.2) is 30.5 Å². The van der Waals surface area contributed by atoms with Gasteiger partial charge in [-0.3, -0.25) is 4.79 Å². The van der Waals surface area contributed by atoms with Crippen LogP contribution in [0.25, 0.3) is 0 Å². The lowest BCUT2D eigenvalue weighted by Crippen LogP contribution is -2.35. The van der Waals surface area contributed by atoms with Crippen molar-refractivity contribution in [2.75, 3.05) is 13.7 Å². The van der Waals surface area contributed by atoms with Gasteiger partial charge in [0.15, 0.2) is 0 Å². The van der Waals surface area contributed by atoms with Crippen molar-refractivity contribution in [2.24, 2.45) is 0 Å². The van der Waals surface area contributed by atoms with E-state index in [4.69, 9.17) is 4.74 Å². The molecule has 0 aliphatic carbocycles. The van der Waals surface area contributed by atoms with Crippen LogP contribution in [0, 0.1) is 0 Å². The van der Waals surface area contributed by atoms with Gasteiger partial charge in [-0.05, 0) is 12.8 Å². The van der Waals surface area contributed by atoms with Crippen LogP contribution in [0.3, 0.4) is 0 Å². The Kier molecular flexibility index (Phi) is 3.33. The van der Waals surface area contributed by atoms with Gasteiger partial charge in [0.25, 0.3) is 0 Å². The fourth-order valence-electron chi connectivity index (χ4n) is 1.14. The Labute approximate surface area is 74.6 Å². The van der Waals surface area contributed by atoms with Crippen molar-refractivity contribution in [2.45, 2.75) is 23.8 Å². The second-order valence-corrected chi connectivity index (χ2v) is 3.55. The lowest BCUT2D eigenvalue weighted by Gasteiger charge is -2.14. The van der Waals surface area contributed by atoms with Gasteiger partial charge in [-0.2, -0.15) is 0 Å². The minimum Gasteiger partial charge on any atom is -0.377 e. The summed E-state index contributed by atoms with van der Waals surface area (Å²) in [7, 11) is 1.63. The Bertz CT molecular complexity index is 145. The van der Waals surface area contributed by atoms with Crippen LogP contribution < -0.4 is 5.32 Å². The Morgan fingerprint density at radius 3 is 3.00 bits per heavy atom. The zero-order chi connectivity index (χ0) is 8.27. The van der Waals surface area contributed by atoms with Gasteiger partial charge in [0, 0.05) is 13.7 Å². The van der Waals surface area contributed by atoms with E-state index in [1.54, 1.807) is 7.05 Å². The predicted octanol–water partition coefficient (Wildman–Crippen LogP) is 0.675. The van der Waals surface area contributed by atoms with E-state index >= 15 is 0 Å². The molecule has 0 aromatic heterocycles. The molecule has 1 heterocycles. The quantitative estimate of drug-likeness (QED) is 0.697. The number of rotatable bonds is 2. The smallest absolute Gasteiger partial charge is 0.236 e. The van der Waals surface area contributed by atoms with E-state index < -0.39 is 0 Å². The first-order chi connectivity index (χ1) is 5.25. The van der Waals surface area contributed by atoms with E-state index in [-0.39, 0.29) is 16.8 Å². The molecular formula is C7H12BrNO2. The molecule has 0 bridgehead atoms. The van der Waals surface area contributed by atoms with Crippen LogP contribution in [0.2, 0.25) is 0 Å². The van der Waals surface area contributed by atoms with E-state index in [1.807, 2.05) is 0 Å². The molecule has 0 radical (unpaired) electrons. The van der Waals surface area contributed by atoms with Crippen LogP contribution in [0.15, 0.2) is 0 Å². The zero-order valence-corrected chi connectivity index (χ0v) is 8.06. The lowest BCUT2D eigenvalue weighted by molar-refractivity contribution is -0.121. The molecule has 11 heavy (non-hydrogen) atoms. The number of hydrogen-bond acceptors (Lipinski definition) is 2. The average molecular weight is 222 g/mol. The zero-order valence-electron chi connectivity index (χ0n) is 6.47. The molecule has 1 saturated heterocycles. The van der Waals surface area contributed by atoms with E-state index in [0.29, 0.717) is 0 Å². The summed E-state index contributed by atoms with van der Waals surface area (Å²) >= 11 is 3.29. The summed E-state index contributed by atoms with van der Waals surface area (Å²) < 4.78 is 5.33. The third kappa shape index (κ3) is 2.17. The molecule has 1 aliphatic rings. The number of hydrogen-bond donors (Lipinski definition) is 1. The first kappa shape index (κ1) is 9.00. The number of ether oxygens (including phenoxy) is 1. The van der Waals surface area contributed by atoms with Crippen LogP contribution in [0.4, 0.5) is 0 Å². The second kappa shape index (κ2) is 4.07. The van der Waals surface area contributed by atoms with Gasteiger partial charge in [-0.15, -0.1) is 0 Å². The predicted molar refractivity (Wildman–Crippen MR) is 45.8 cm³/mol. The van der Waals surface area contributed by atoms with E-state index in [2.05, 4.69) is 21.2 Å². The van der Waals surface area contributed by atoms with E-state index in [1.165, 1.54) is 0 Å². The second-order valence-electron chi connectivity index (χ2n) is 2.57. The Hall–Kier alpha value is -0.0900. The number of halogens is 1. The first-order valence-corrected chi connectivity index (χ1v) is 4.64. The summed E-state index contributed by atoms with van der Waals surface area (Å²) in [5.41, 5.74) is 0. The van der Waals surface area contributed by atoms with Gasteiger partial charge in [0.1, 0.15) is 4.83 Å². The third-order valence-electron chi connectivity index (χ3n) is 1.79. The average Bonchev–Trinajstić information content (AvgIpc) is 2.53. The molecule has 2 atom stereocenters. The molecule has 0 saturated carbocycles. The number of nitrogens with one attached hydrogen (secondary N) is 1. The van der Waals surface area contributed by atoms with Crippen molar-refractivity contribution in [3.8, 4) is 0 Å². The Morgan fingerprint density at radius 2 is 2.55 bits per heavy atom. The molecule has 1 amide bonds. The molecule has 0 spiro atoms. The molecule has 1 rings (SSSR count). The van der Waals surface area contributed by atoms with Gasteiger partial charge in [-0.25, -0.2) is 0 Å². The maximum atomic E-state index is 11.1. The van der Waals surface area contributed by atoms with Gasteiger partial charge < -0.3 is 10.1 Å². The highest BCUT2D eigenvalue weighted by atomic mass is 79.9. The van der Waals surface area contributed by atoms with Gasteiger partial charge >= 0.3 is 0 Å². The topological polar surface area (TPSA) is 38.3 Å². The summed E-state index contributed by atoms with van der Waals surface area (Å²) in [6, 6.07) is 0. The van der Waals surface area contributed by atoms with Crippen molar-refractivity contribution < 1.29 is 9.53 Å². The van der Waals surface area contributed by atoms with Crippen molar-refractivity contribution in [1.82, 2.24) is 5.32 Å². The molecule has 0 aromatic carbocycles. The normalized spacial score (nSPS) is 26.5. The lowest BCUT2D eigenvalue weighted by atomic mass is 10.2. The third-order valence-corrected chi connectivity index (χ3v) is 2.79. The molecule has 1 aliphatic heterocycles. The minimum absolute atomic E-state index is 0.00287. The Morgan fingerprint density at radius 1 is 1.82 bits per heavy atom. The SMILES string of the molecule is CNC(=O)[C@@H](Br)[C@H]1CCCO1. The molecule has 1 N–H and O–H groups in total. The number of alkyl halides is 1. The van der Waals surface area contributed by atoms with Crippen LogP contribution in [-0.2, 0) is 9.53 Å². The molecule has 1 fully saturated rings. The monoisotopic (exact) mass is 221 g/mol. The van der Waals surface area contributed by atoms with Crippen LogP contribution >= 0.6 is 15.9 Å². The van der Waals surface area contributed by atoms with Crippen molar-refractivity contribution >= 4 is 21.8 Å². The molecule has 4 heteroatoms. The maximum Gasteiger partial charge on any atom is 0.236 e. The standard InChI is InChI=1S/C7H12BrNO2/c1-9-7(10)6(8)5-3-2-4-11-5/h5-6H,2-4H2,1H3,(H,9,10)/t5-,6+/m1/s1. The highest BCUT2D eigenvalue weighted by molar-refractivity contribution is 9.10. The van der Waals surface area contributed by atoms with Crippen LogP contribution in [0.5, 0.6) is 0 Å².